The van der Waals surface area contributed by atoms with Gasteiger partial charge in [0.25, 0.3) is 0 Å². The molecule has 0 unspecified atom stereocenters. The van der Waals surface area contributed by atoms with Crippen LogP contribution in [0.4, 0.5) is 0 Å². The molecule has 84 valence electrons. The van der Waals surface area contributed by atoms with Gasteiger partial charge in [-0.1, -0.05) is 12.1 Å². The number of esters is 1. The summed E-state index contributed by atoms with van der Waals surface area (Å²) in [7, 11) is 1.37. The van der Waals surface area contributed by atoms with E-state index < -0.39 is 0 Å². The lowest BCUT2D eigenvalue weighted by Crippen LogP contribution is -2.10. The molecular formula is C12H13NO3. The quantitative estimate of drug-likeness (QED) is 0.792. The molecule has 1 aromatic heterocycles. The van der Waals surface area contributed by atoms with Gasteiger partial charge in [-0.2, -0.15) is 0 Å². The zero-order chi connectivity index (χ0) is 11.5. The maximum Gasteiger partial charge on any atom is 0.325 e. The third-order valence-corrected chi connectivity index (χ3v) is 2.60. The van der Waals surface area contributed by atoms with Crippen molar-refractivity contribution in [1.29, 1.82) is 0 Å². The number of methoxy groups -OCH3 is 1. The molecule has 0 aliphatic carbocycles. The summed E-state index contributed by atoms with van der Waals surface area (Å²) >= 11 is 0. The molecule has 1 heterocycles. The first-order chi connectivity index (χ1) is 7.76. The van der Waals surface area contributed by atoms with Crippen LogP contribution in [-0.2, 0) is 22.7 Å². The highest BCUT2D eigenvalue weighted by Gasteiger charge is 2.07. The largest absolute Gasteiger partial charge is 0.468 e. The Labute approximate surface area is 93.1 Å². The van der Waals surface area contributed by atoms with Gasteiger partial charge in [-0.25, -0.2) is 0 Å². The molecule has 0 saturated carbocycles. The van der Waals surface area contributed by atoms with E-state index in [4.69, 9.17) is 0 Å². The summed E-state index contributed by atoms with van der Waals surface area (Å²) in [6.45, 7) is 0.189. The first kappa shape index (κ1) is 10.7. The number of benzene rings is 1. The summed E-state index contributed by atoms with van der Waals surface area (Å²) in [4.78, 5) is 11.2. The van der Waals surface area contributed by atoms with Gasteiger partial charge in [-0.3, -0.25) is 4.79 Å². The van der Waals surface area contributed by atoms with Crippen molar-refractivity contribution in [2.24, 2.45) is 0 Å². The highest BCUT2D eigenvalue weighted by Crippen LogP contribution is 2.20. The van der Waals surface area contributed by atoms with Gasteiger partial charge in [0.1, 0.15) is 6.54 Å². The van der Waals surface area contributed by atoms with Crippen LogP contribution in [0.15, 0.2) is 30.5 Å². The lowest BCUT2D eigenvalue weighted by Gasteiger charge is -2.04. The minimum Gasteiger partial charge on any atom is -0.468 e. The number of rotatable bonds is 3. The molecular weight excluding hydrogens is 206 g/mol. The summed E-state index contributed by atoms with van der Waals surface area (Å²) in [6.07, 6.45) is 1.82. The van der Waals surface area contributed by atoms with Crippen LogP contribution in [0.1, 0.15) is 5.56 Å². The monoisotopic (exact) mass is 219 g/mol. The van der Waals surface area contributed by atoms with Crippen molar-refractivity contribution in [3.63, 3.8) is 0 Å². The van der Waals surface area contributed by atoms with Gasteiger partial charge >= 0.3 is 5.97 Å². The van der Waals surface area contributed by atoms with E-state index in [1.165, 1.54) is 7.11 Å². The zero-order valence-corrected chi connectivity index (χ0v) is 9.01. The van der Waals surface area contributed by atoms with E-state index in [0.717, 1.165) is 16.5 Å². The van der Waals surface area contributed by atoms with Crippen LogP contribution in [0, 0.1) is 0 Å². The maximum atomic E-state index is 11.2. The average Bonchev–Trinajstić information content (AvgIpc) is 2.72. The van der Waals surface area contributed by atoms with Crippen LogP contribution in [0.25, 0.3) is 10.9 Å². The van der Waals surface area contributed by atoms with Crippen LogP contribution in [0.2, 0.25) is 0 Å². The van der Waals surface area contributed by atoms with E-state index in [1.54, 1.807) is 4.57 Å². The summed E-state index contributed by atoms with van der Waals surface area (Å²) in [5, 5.41) is 10.1. The Kier molecular flexibility index (Phi) is 2.92. The molecule has 2 aromatic rings. The molecule has 1 aromatic carbocycles. The zero-order valence-electron chi connectivity index (χ0n) is 9.01. The molecule has 0 atom stereocenters. The number of carbonyl (C=O) groups excluding carboxylic acids is 1. The lowest BCUT2D eigenvalue weighted by molar-refractivity contribution is -0.141. The number of aromatic nitrogens is 1. The third-order valence-electron chi connectivity index (χ3n) is 2.60. The van der Waals surface area contributed by atoms with Crippen LogP contribution in [0.3, 0.4) is 0 Å². The molecule has 0 aliphatic rings. The highest BCUT2D eigenvalue weighted by atomic mass is 16.5. The molecule has 16 heavy (non-hydrogen) atoms. The number of aliphatic hydroxyl groups is 1. The first-order valence-corrected chi connectivity index (χ1v) is 5.00. The van der Waals surface area contributed by atoms with E-state index in [1.807, 2.05) is 30.5 Å². The Morgan fingerprint density at radius 2 is 2.25 bits per heavy atom. The fraction of sp³-hybridized carbons (Fsp3) is 0.250. The topological polar surface area (TPSA) is 51.5 Å². The van der Waals surface area contributed by atoms with Crippen LogP contribution >= 0.6 is 0 Å². The Morgan fingerprint density at radius 3 is 2.94 bits per heavy atom. The number of hydrogen-bond acceptors (Lipinski definition) is 3. The van der Waals surface area contributed by atoms with Gasteiger partial charge in [0.15, 0.2) is 0 Å². The molecule has 0 radical (unpaired) electrons. The van der Waals surface area contributed by atoms with Gasteiger partial charge in [0.05, 0.1) is 13.7 Å². The normalized spacial score (nSPS) is 10.6. The van der Waals surface area contributed by atoms with E-state index in [9.17, 15) is 9.90 Å². The molecule has 0 fully saturated rings. The average molecular weight is 219 g/mol. The second kappa shape index (κ2) is 4.37. The van der Waals surface area contributed by atoms with E-state index >= 15 is 0 Å². The van der Waals surface area contributed by atoms with Gasteiger partial charge in [-0.05, 0) is 17.7 Å². The summed E-state index contributed by atoms with van der Waals surface area (Å²) in [5.74, 6) is -0.285. The van der Waals surface area contributed by atoms with Crippen molar-refractivity contribution in [2.45, 2.75) is 13.2 Å². The first-order valence-electron chi connectivity index (χ1n) is 5.00. The number of carbonyl (C=O) groups is 1. The van der Waals surface area contributed by atoms with Crippen molar-refractivity contribution in [3.05, 3.63) is 36.0 Å². The maximum absolute atomic E-state index is 11.2. The summed E-state index contributed by atoms with van der Waals surface area (Å²) < 4.78 is 6.43. The van der Waals surface area contributed by atoms with E-state index in [2.05, 4.69) is 4.74 Å². The Bertz CT molecular complexity index is 516. The third kappa shape index (κ3) is 1.79. The molecule has 0 spiro atoms. The van der Waals surface area contributed by atoms with Crippen molar-refractivity contribution < 1.29 is 14.6 Å². The molecule has 2 rings (SSSR count). The molecule has 0 bridgehead atoms. The molecule has 4 heteroatoms. The fourth-order valence-electron chi connectivity index (χ4n) is 1.77. The molecule has 0 amide bonds. The van der Waals surface area contributed by atoms with E-state index in [-0.39, 0.29) is 19.1 Å². The standard InChI is InChI=1S/C12H13NO3/c1-16-12(15)7-13-6-5-10-9(8-14)3-2-4-11(10)13/h2-6,14H,7-8H2,1H3. The van der Waals surface area contributed by atoms with Gasteiger partial charge in [0.2, 0.25) is 0 Å². The van der Waals surface area contributed by atoms with Crippen LogP contribution in [0.5, 0.6) is 0 Å². The SMILES string of the molecule is COC(=O)Cn1ccc2c(CO)cccc21. The summed E-state index contributed by atoms with van der Waals surface area (Å²) in [6, 6.07) is 7.54. The Hall–Kier alpha value is -1.81. The fourth-order valence-corrected chi connectivity index (χ4v) is 1.77. The Morgan fingerprint density at radius 1 is 1.44 bits per heavy atom. The number of aliphatic hydroxyl groups excluding tert-OH is 1. The van der Waals surface area contributed by atoms with Crippen molar-refractivity contribution >= 4 is 16.9 Å². The second-order valence-corrected chi connectivity index (χ2v) is 3.53. The number of fused-ring (bicyclic) bond motifs is 1. The predicted octanol–water partition coefficient (Wildman–Crippen LogP) is 1.31. The van der Waals surface area contributed by atoms with Crippen molar-refractivity contribution in [2.75, 3.05) is 7.11 Å². The predicted molar refractivity (Wildman–Crippen MR) is 59.9 cm³/mol. The van der Waals surface area contributed by atoms with Crippen LogP contribution in [-0.4, -0.2) is 22.8 Å². The molecule has 0 aliphatic heterocycles. The minimum absolute atomic E-state index is 0.000419. The smallest absolute Gasteiger partial charge is 0.325 e. The van der Waals surface area contributed by atoms with E-state index in [0.29, 0.717) is 0 Å². The summed E-state index contributed by atoms with van der Waals surface area (Å²) in [5.41, 5.74) is 1.79. The second-order valence-electron chi connectivity index (χ2n) is 3.53. The molecule has 0 saturated heterocycles. The van der Waals surface area contributed by atoms with Gasteiger partial charge in [0, 0.05) is 17.1 Å². The highest BCUT2D eigenvalue weighted by molar-refractivity contribution is 5.85. The number of nitrogens with zero attached hydrogens (tertiary/aromatic N) is 1. The minimum atomic E-state index is -0.285. The van der Waals surface area contributed by atoms with Crippen molar-refractivity contribution in [3.8, 4) is 0 Å². The van der Waals surface area contributed by atoms with Crippen molar-refractivity contribution in [1.82, 2.24) is 4.57 Å². The number of ether oxygens (including phenoxy) is 1. The number of hydrogen-bond donors (Lipinski definition) is 1. The van der Waals surface area contributed by atoms with Crippen LogP contribution < -0.4 is 0 Å². The molecule has 4 nitrogen and oxygen atoms in total. The van der Waals surface area contributed by atoms with Gasteiger partial charge < -0.3 is 14.4 Å². The van der Waals surface area contributed by atoms with Gasteiger partial charge in [-0.15, -0.1) is 0 Å². The lowest BCUT2D eigenvalue weighted by atomic mass is 10.1. The Balaban J connectivity index is 2.45. The molecule has 1 N–H and O–H groups in total.